The fraction of sp³-hybridized carbons (Fsp3) is 0. The molecule has 0 unspecified atom stereocenters. The van der Waals surface area contributed by atoms with Crippen molar-refractivity contribution in [3.63, 3.8) is 0 Å². The molecular formula is C2H3O2-. The first kappa shape index (κ1) is 1.64. The van der Waals surface area contributed by atoms with Crippen molar-refractivity contribution < 1.29 is 11.3 Å². The Balaban J connectivity index is 2.85. The van der Waals surface area contributed by atoms with Crippen LogP contribution in [0.25, 0.3) is 0 Å². The lowest BCUT2D eigenvalue weighted by Gasteiger charge is -1.72. The SMILES string of the molecule is [2H][CH-]C(=O)O. The third-order valence-corrected chi connectivity index (χ3v) is 0. The van der Waals surface area contributed by atoms with E-state index in [-0.39, 0.29) is 0 Å². The van der Waals surface area contributed by atoms with E-state index in [0.717, 1.165) is 0 Å². The topological polar surface area (TPSA) is 37.3 Å². The molecule has 1 N–H and O–H groups in total. The summed E-state index contributed by atoms with van der Waals surface area (Å²) >= 11 is 0. The summed E-state index contributed by atoms with van der Waals surface area (Å²) in [5, 5.41) is 7.48. The van der Waals surface area contributed by atoms with Crippen LogP contribution in [-0.4, -0.2) is 11.1 Å². The summed E-state index contributed by atoms with van der Waals surface area (Å²) in [6.45, 7) is 0.333. The quantitative estimate of drug-likeness (QED) is 0.429. The highest BCUT2D eigenvalue weighted by Gasteiger charge is 1.50. The Morgan fingerprint density at radius 2 is 2.75 bits per heavy atom. The van der Waals surface area contributed by atoms with E-state index in [2.05, 4.69) is 0 Å². The lowest BCUT2D eigenvalue weighted by Crippen LogP contribution is -1.79. The second-order valence-electron chi connectivity index (χ2n) is 0.338. The van der Waals surface area contributed by atoms with Crippen molar-refractivity contribution in [2.75, 3.05) is 0 Å². The first-order valence-electron chi connectivity index (χ1n) is 1.29. The normalized spacial score (nSPS) is 8.50. The minimum atomic E-state index is -1.20. The van der Waals surface area contributed by atoms with E-state index in [4.69, 9.17) is 11.3 Å². The molecule has 0 aliphatic carbocycles. The molecular weight excluding hydrogens is 56.0 g/mol. The van der Waals surface area contributed by atoms with Gasteiger partial charge in [-0.15, -0.1) is 0 Å². The molecule has 2 heteroatoms. The minimum Gasteiger partial charge on any atom is -0.503 e. The predicted molar refractivity (Wildman–Crippen MR) is 13.0 cm³/mol. The Hall–Kier alpha value is -0.660. The highest BCUT2D eigenvalue weighted by atomic mass is 16.4. The van der Waals surface area contributed by atoms with Crippen LogP contribution in [0.1, 0.15) is 1.37 Å². The molecule has 0 rings (SSSR count). The van der Waals surface area contributed by atoms with E-state index in [1.807, 2.05) is 0 Å². The van der Waals surface area contributed by atoms with Crippen molar-refractivity contribution in [3.8, 4) is 0 Å². The van der Waals surface area contributed by atoms with Crippen LogP contribution in [0.5, 0.6) is 0 Å². The van der Waals surface area contributed by atoms with Gasteiger partial charge in [0.15, 0.2) is 5.97 Å². The maximum Gasteiger partial charge on any atom is 0.161 e. The van der Waals surface area contributed by atoms with Gasteiger partial charge in [-0.2, -0.15) is 1.37 Å². The number of hydrogen-bond donors (Lipinski definition) is 1. The maximum atomic E-state index is 9.12. The van der Waals surface area contributed by atoms with Gasteiger partial charge in [0.05, 0.1) is 0 Å². The van der Waals surface area contributed by atoms with Gasteiger partial charge in [-0.25, -0.2) is 0 Å². The Kier molecular flexibility index (Phi) is 0.314. The molecule has 0 aromatic carbocycles. The van der Waals surface area contributed by atoms with Crippen LogP contribution < -0.4 is 0 Å². The van der Waals surface area contributed by atoms with Crippen LogP contribution >= 0.6 is 0 Å². The number of rotatable bonds is 1. The zero-order valence-corrected chi connectivity index (χ0v) is 1.93. The molecule has 0 radical (unpaired) electrons. The zero-order chi connectivity index (χ0) is 4.28. The molecule has 0 aliphatic heterocycles. The van der Waals surface area contributed by atoms with Gasteiger partial charge >= 0.3 is 0 Å². The molecule has 0 spiro atoms. The standard InChI is InChI=1S/C2H3O2/c1-2(3)4/h1H2,(H,3,4)/q-1/i1D. The predicted octanol–water partition coefficient (Wildman–Crippen LogP) is -0.0949. The lowest BCUT2D eigenvalue weighted by molar-refractivity contribution is -0.131. The molecule has 0 aliphatic rings. The minimum absolute atomic E-state index is 0.333. The molecule has 24 valence electrons. The Labute approximate surface area is 25.5 Å². The number of carboxylic acids is 1. The van der Waals surface area contributed by atoms with Crippen molar-refractivity contribution in [1.82, 2.24) is 0 Å². The summed E-state index contributed by atoms with van der Waals surface area (Å²) in [5.41, 5.74) is 0. The first-order chi connectivity index (χ1) is 2.27. The van der Waals surface area contributed by atoms with Crippen LogP contribution in [0.15, 0.2) is 0 Å². The Morgan fingerprint density at radius 3 is 2.75 bits per heavy atom. The summed E-state index contributed by atoms with van der Waals surface area (Å²) in [6.07, 6.45) is 0. The summed E-state index contributed by atoms with van der Waals surface area (Å²) < 4.78 is 5.93. The van der Waals surface area contributed by atoms with Crippen LogP contribution in [0.2, 0.25) is 0 Å². The molecule has 0 atom stereocenters. The molecule has 0 saturated carbocycles. The third-order valence-electron chi connectivity index (χ3n) is 0. The first-order valence-corrected chi connectivity index (χ1v) is 0.716. The van der Waals surface area contributed by atoms with Crippen LogP contribution in [0.3, 0.4) is 0 Å². The maximum absolute atomic E-state index is 9.12. The molecule has 4 heavy (non-hydrogen) atoms. The highest BCUT2D eigenvalue weighted by Crippen LogP contribution is 1.40. The number of carboxylic acid groups (broad SMARTS) is 1. The van der Waals surface area contributed by atoms with E-state index in [0.29, 0.717) is 6.90 Å². The molecule has 0 bridgehead atoms. The zero-order valence-electron chi connectivity index (χ0n) is 2.93. The fourth-order valence-corrected chi connectivity index (χ4v) is 0. The molecule has 0 aromatic rings. The lowest BCUT2D eigenvalue weighted by atomic mass is 10.9. The van der Waals surface area contributed by atoms with E-state index in [1.165, 1.54) is 0 Å². The van der Waals surface area contributed by atoms with Gasteiger partial charge in [-0.3, -0.25) is 11.7 Å². The van der Waals surface area contributed by atoms with Crippen LogP contribution in [0.4, 0.5) is 0 Å². The molecule has 0 saturated heterocycles. The second kappa shape index (κ2) is 0.767. The molecule has 0 fully saturated rings. The monoisotopic (exact) mass is 60.0 g/mol. The van der Waals surface area contributed by atoms with Crippen molar-refractivity contribution in [1.29, 1.82) is 0 Å². The molecule has 0 heterocycles. The molecule has 0 aromatic heterocycles. The third kappa shape index (κ3) is 0.356. The van der Waals surface area contributed by atoms with E-state index in [9.17, 15) is 0 Å². The van der Waals surface area contributed by atoms with Crippen LogP contribution in [-0.2, 0) is 4.79 Å². The second-order valence-corrected chi connectivity index (χ2v) is 0.338. The Bertz CT molecular complexity index is 42.9. The van der Waals surface area contributed by atoms with E-state index in [1.54, 1.807) is 0 Å². The van der Waals surface area contributed by atoms with Crippen molar-refractivity contribution in [2.45, 2.75) is 0 Å². The number of aliphatic carboxylic acids is 1. The van der Waals surface area contributed by atoms with Gasteiger partial charge in [0.1, 0.15) is 0 Å². The number of carbonyl (C=O) groups is 1. The summed E-state index contributed by atoms with van der Waals surface area (Å²) in [6, 6.07) is 0. The van der Waals surface area contributed by atoms with Gasteiger partial charge < -0.3 is 5.11 Å². The Morgan fingerprint density at radius 1 is 2.50 bits per heavy atom. The number of hydrogen-bond acceptors (Lipinski definition) is 1. The summed E-state index contributed by atoms with van der Waals surface area (Å²) in [5.74, 6) is -1.20. The van der Waals surface area contributed by atoms with Crippen molar-refractivity contribution >= 4 is 5.97 Å². The van der Waals surface area contributed by atoms with Crippen LogP contribution in [0, 0.1) is 6.90 Å². The van der Waals surface area contributed by atoms with Gasteiger partial charge in [0.2, 0.25) is 0 Å². The molecule has 2 nitrogen and oxygen atoms in total. The van der Waals surface area contributed by atoms with Gasteiger partial charge in [0.25, 0.3) is 0 Å². The smallest absolute Gasteiger partial charge is 0.161 e. The summed E-state index contributed by atoms with van der Waals surface area (Å²) in [7, 11) is 0. The van der Waals surface area contributed by atoms with Gasteiger partial charge in [-0.1, -0.05) is 0 Å². The van der Waals surface area contributed by atoms with Crippen molar-refractivity contribution in [2.24, 2.45) is 0 Å². The highest BCUT2D eigenvalue weighted by molar-refractivity contribution is 5.71. The average molecular weight is 60.1 g/mol. The van der Waals surface area contributed by atoms with Gasteiger partial charge in [-0.05, 0) is 0 Å². The summed E-state index contributed by atoms with van der Waals surface area (Å²) in [4.78, 5) is 9.12. The average Bonchev–Trinajstić information content (AvgIpc) is 1.38. The van der Waals surface area contributed by atoms with Gasteiger partial charge in [0, 0.05) is 0 Å². The fourth-order valence-electron chi connectivity index (χ4n) is 0. The van der Waals surface area contributed by atoms with E-state index < -0.39 is 5.97 Å². The van der Waals surface area contributed by atoms with E-state index >= 15 is 0 Å². The van der Waals surface area contributed by atoms with Crippen molar-refractivity contribution in [3.05, 3.63) is 6.90 Å². The molecule has 0 amide bonds. The largest absolute Gasteiger partial charge is 0.503 e.